The van der Waals surface area contributed by atoms with E-state index < -0.39 is 11.8 Å². The van der Waals surface area contributed by atoms with Gasteiger partial charge in [-0.3, -0.25) is 25.2 Å². The molecule has 0 saturated carbocycles. The van der Waals surface area contributed by atoms with Crippen LogP contribution in [0.3, 0.4) is 0 Å². The number of carbonyl (C=O) groups excluding carboxylic acids is 3. The molecule has 2 heterocycles. The smallest absolute Gasteiger partial charge is 0.262 e. The Hall–Kier alpha value is -3.09. The second kappa shape index (κ2) is 9.21. The molecule has 2 aromatic rings. The van der Waals surface area contributed by atoms with Crippen LogP contribution in [0.25, 0.3) is 17.0 Å². The molecule has 1 aromatic carbocycles. The van der Waals surface area contributed by atoms with Crippen molar-refractivity contribution in [2.24, 2.45) is 0 Å². The summed E-state index contributed by atoms with van der Waals surface area (Å²) in [5, 5.41) is 0.937. The van der Waals surface area contributed by atoms with Gasteiger partial charge in [-0.1, -0.05) is 31.5 Å². The third-order valence-corrected chi connectivity index (χ3v) is 4.76. The maximum Gasteiger partial charge on any atom is 0.262 e. The second-order valence-corrected chi connectivity index (χ2v) is 6.79. The summed E-state index contributed by atoms with van der Waals surface area (Å²) in [6.45, 7) is 2.52. The standard InChI is InChI=1S/C21H25N3O4/c1-2-17-16(15-8-5-6-9-18(15)28-17)11-12-19(25)22-23-20(26)14-24-13-7-3-4-10-21(24)27/h5-6,8-9,11-12H,2-4,7,10,13-14H2,1H3,(H,22,25)(H,23,26)/b12-11+. The second-order valence-electron chi connectivity index (χ2n) is 6.79. The monoisotopic (exact) mass is 383 g/mol. The van der Waals surface area contributed by atoms with Crippen molar-refractivity contribution in [2.45, 2.75) is 39.0 Å². The Morgan fingerprint density at radius 1 is 1.18 bits per heavy atom. The zero-order valence-corrected chi connectivity index (χ0v) is 16.0. The van der Waals surface area contributed by atoms with E-state index in [4.69, 9.17) is 4.42 Å². The van der Waals surface area contributed by atoms with Crippen molar-refractivity contribution >= 4 is 34.8 Å². The van der Waals surface area contributed by atoms with Crippen molar-refractivity contribution in [3.8, 4) is 0 Å². The lowest BCUT2D eigenvalue weighted by atomic mass is 10.1. The highest BCUT2D eigenvalue weighted by atomic mass is 16.3. The summed E-state index contributed by atoms with van der Waals surface area (Å²) in [7, 11) is 0. The van der Waals surface area contributed by atoms with Crippen molar-refractivity contribution in [3.63, 3.8) is 0 Å². The largest absolute Gasteiger partial charge is 0.460 e. The van der Waals surface area contributed by atoms with Gasteiger partial charge < -0.3 is 9.32 Å². The summed E-state index contributed by atoms with van der Waals surface area (Å²) >= 11 is 0. The minimum atomic E-state index is -0.456. The molecule has 2 N–H and O–H groups in total. The molecular weight excluding hydrogens is 358 g/mol. The van der Waals surface area contributed by atoms with E-state index >= 15 is 0 Å². The highest BCUT2D eigenvalue weighted by molar-refractivity contribution is 5.97. The van der Waals surface area contributed by atoms with Crippen molar-refractivity contribution in [1.29, 1.82) is 0 Å². The molecule has 1 fully saturated rings. The molecule has 1 aliphatic rings. The first-order valence-corrected chi connectivity index (χ1v) is 9.63. The molecule has 0 bridgehead atoms. The number of nitrogens with zero attached hydrogens (tertiary/aromatic N) is 1. The number of furan rings is 1. The normalized spacial score (nSPS) is 15.0. The summed E-state index contributed by atoms with van der Waals surface area (Å²) in [5.41, 5.74) is 6.35. The van der Waals surface area contributed by atoms with E-state index in [0.717, 1.165) is 41.6 Å². The fourth-order valence-electron chi connectivity index (χ4n) is 3.31. The predicted molar refractivity (Wildman–Crippen MR) is 106 cm³/mol. The minimum Gasteiger partial charge on any atom is -0.460 e. The van der Waals surface area contributed by atoms with Gasteiger partial charge >= 0.3 is 0 Å². The van der Waals surface area contributed by atoms with E-state index in [1.165, 1.54) is 11.0 Å². The molecule has 1 aromatic heterocycles. The van der Waals surface area contributed by atoms with Crippen molar-refractivity contribution in [3.05, 3.63) is 41.7 Å². The molecule has 28 heavy (non-hydrogen) atoms. The van der Waals surface area contributed by atoms with Crippen LogP contribution in [-0.4, -0.2) is 35.7 Å². The topological polar surface area (TPSA) is 91.7 Å². The number of hydrazine groups is 1. The van der Waals surface area contributed by atoms with Crippen LogP contribution in [0, 0.1) is 0 Å². The molecule has 0 aliphatic carbocycles. The van der Waals surface area contributed by atoms with Crippen LogP contribution in [-0.2, 0) is 20.8 Å². The highest BCUT2D eigenvalue weighted by Crippen LogP contribution is 2.27. The predicted octanol–water partition coefficient (Wildman–Crippen LogP) is 2.56. The number of para-hydroxylation sites is 1. The van der Waals surface area contributed by atoms with Gasteiger partial charge in [0.25, 0.3) is 11.8 Å². The van der Waals surface area contributed by atoms with Crippen molar-refractivity contribution in [2.75, 3.05) is 13.1 Å². The molecule has 148 valence electrons. The number of hydrogen-bond donors (Lipinski definition) is 2. The van der Waals surface area contributed by atoms with Gasteiger partial charge in [0.15, 0.2) is 0 Å². The van der Waals surface area contributed by atoms with Crippen LogP contribution in [0.1, 0.15) is 43.9 Å². The quantitative estimate of drug-likeness (QED) is 0.613. The summed E-state index contributed by atoms with van der Waals surface area (Å²) < 4.78 is 5.79. The Balaban J connectivity index is 1.55. The molecule has 7 nitrogen and oxygen atoms in total. The maximum absolute atomic E-state index is 12.1. The van der Waals surface area contributed by atoms with Crippen LogP contribution in [0.15, 0.2) is 34.8 Å². The summed E-state index contributed by atoms with van der Waals surface area (Å²) in [4.78, 5) is 37.6. The Bertz CT molecular complexity index is 900. The number of hydrogen-bond acceptors (Lipinski definition) is 4. The first-order chi connectivity index (χ1) is 13.6. The van der Waals surface area contributed by atoms with Crippen LogP contribution < -0.4 is 10.9 Å². The number of benzene rings is 1. The highest BCUT2D eigenvalue weighted by Gasteiger charge is 2.19. The van der Waals surface area contributed by atoms with Gasteiger partial charge in [-0.25, -0.2) is 0 Å². The van der Waals surface area contributed by atoms with Gasteiger partial charge in [-0.2, -0.15) is 0 Å². The number of rotatable bonds is 5. The van der Waals surface area contributed by atoms with E-state index in [2.05, 4.69) is 10.9 Å². The summed E-state index contributed by atoms with van der Waals surface area (Å²) in [5.74, 6) is -0.0883. The Labute approximate surface area is 163 Å². The van der Waals surface area contributed by atoms with Gasteiger partial charge in [0, 0.05) is 36.4 Å². The lowest BCUT2D eigenvalue weighted by molar-refractivity contribution is -0.136. The SMILES string of the molecule is CCc1oc2ccccc2c1/C=C/C(=O)NNC(=O)CN1CCCCCC1=O. The Morgan fingerprint density at radius 3 is 2.82 bits per heavy atom. The molecule has 1 aliphatic heterocycles. The zero-order chi connectivity index (χ0) is 19.9. The van der Waals surface area contributed by atoms with Gasteiger partial charge in [-0.05, 0) is 25.0 Å². The molecule has 0 spiro atoms. The minimum absolute atomic E-state index is 0.0159. The molecule has 0 radical (unpaired) electrons. The molecule has 3 amide bonds. The number of aryl methyl sites for hydroxylation is 1. The first-order valence-electron chi connectivity index (χ1n) is 9.63. The van der Waals surface area contributed by atoms with E-state index in [1.807, 2.05) is 31.2 Å². The van der Waals surface area contributed by atoms with Crippen molar-refractivity contribution < 1.29 is 18.8 Å². The zero-order valence-electron chi connectivity index (χ0n) is 16.0. The van der Waals surface area contributed by atoms with Gasteiger partial charge in [0.05, 0.1) is 0 Å². The third kappa shape index (κ3) is 4.79. The number of fused-ring (bicyclic) bond motifs is 1. The average Bonchev–Trinajstić information content (AvgIpc) is 2.94. The summed E-state index contributed by atoms with van der Waals surface area (Å²) in [6, 6.07) is 7.64. The van der Waals surface area contributed by atoms with Crippen LogP contribution >= 0.6 is 0 Å². The van der Waals surface area contributed by atoms with Gasteiger partial charge in [-0.15, -0.1) is 0 Å². The third-order valence-electron chi connectivity index (χ3n) is 4.76. The maximum atomic E-state index is 12.1. The van der Waals surface area contributed by atoms with E-state index in [-0.39, 0.29) is 12.5 Å². The van der Waals surface area contributed by atoms with E-state index in [9.17, 15) is 14.4 Å². The number of amides is 3. The summed E-state index contributed by atoms with van der Waals surface area (Å²) in [6.07, 6.45) is 6.97. The lowest BCUT2D eigenvalue weighted by Gasteiger charge is -2.19. The molecule has 0 unspecified atom stereocenters. The first kappa shape index (κ1) is 19.7. The fraction of sp³-hybridized carbons (Fsp3) is 0.381. The van der Waals surface area contributed by atoms with Gasteiger partial charge in [0.1, 0.15) is 17.9 Å². The molecule has 3 rings (SSSR count). The van der Waals surface area contributed by atoms with Crippen LogP contribution in [0.5, 0.6) is 0 Å². The molecular formula is C21H25N3O4. The fourth-order valence-corrected chi connectivity index (χ4v) is 3.31. The molecule has 1 saturated heterocycles. The van der Waals surface area contributed by atoms with E-state index in [1.54, 1.807) is 6.08 Å². The van der Waals surface area contributed by atoms with Crippen molar-refractivity contribution in [1.82, 2.24) is 15.8 Å². The Kier molecular flexibility index (Phi) is 6.47. The number of nitrogens with one attached hydrogen (secondary N) is 2. The lowest BCUT2D eigenvalue weighted by Crippen LogP contribution is -2.47. The van der Waals surface area contributed by atoms with Crippen LogP contribution in [0.4, 0.5) is 0 Å². The van der Waals surface area contributed by atoms with E-state index in [0.29, 0.717) is 19.4 Å². The number of likely N-dealkylation sites (tertiary alicyclic amines) is 1. The van der Waals surface area contributed by atoms with Crippen LogP contribution in [0.2, 0.25) is 0 Å². The van der Waals surface area contributed by atoms with Gasteiger partial charge in [0.2, 0.25) is 5.91 Å². The molecule has 7 heteroatoms. The number of carbonyl (C=O) groups is 3. The average molecular weight is 383 g/mol. The molecule has 0 atom stereocenters. The Morgan fingerprint density at radius 2 is 2.00 bits per heavy atom.